The van der Waals surface area contributed by atoms with E-state index in [0.717, 1.165) is 49.0 Å². The fourth-order valence-corrected chi connectivity index (χ4v) is 5.38. The van der Waals surface area contributed by atoms with Crippen LogP contribution in [0.4, 0.5) is 0 Å². The van der Waals surface area contributed by atoms with Crippen LogP contribution in [0.5, 0.6) is 5.75 Å². The lowest BCUT2D eigenvalue weighted by Crippen LogP contribution is -2.43. The first kappa shape index (κ1) is 18.9. The number of hydrogen-bond acceptors (Lipinski definition) is 3. The van der Waals surface area contributed by atoms with Crippen LogP contribution in [-0.2, 0) is 16.4 Å². The van der Waals surface area contributed by atoms with E-state index in [1.165, 1.54) is 0 Å². The van der Waals surface area contributed by atoms with Crippen LogP contribution in [-0.4, -0.2) is 32.4 Å². The van der Waals surface area contributed by atoms with E-state index in [4.69, 9.17) is 4.74 Å². The zero-order chi connectivity index (χ0) is 18.6. The van der Waals surface area contributed by atoms with Crippen molar-refractivity contribution in [3.63, 3.8) is 0 Å². The smallest absolute Gasteiger partial charge is 0.243 e. The first-order chi connectivity index (χ1) is 12.5. The molecule has 0 radical (unpaired) electrons. The van der Waals surface area contributed by atoms with Gasteiger partial charge in [0.15, 0.2) is 0 Å². The fourth-order valence-electron chi connectivity index (χ4n) is 3.66. The minimum absolute atomic E-state index is 0.0416. The molecular weight excluding hydrogens is 346 g/mol. The Hall–Kier alpha value is -1.85. The van der Waals surface area contributed by atoms with Crippen LogP contribution in [0.2, 0.25) is 0 Å². The first-order valence-corrected chi connectivity index (χ1v) is 10.7. The van der Waals surface area contributed by atoms with Gasteiger partial charge < -0.3 is 4.74 Å². The van der Waals surface area contributed by atoms with Crippen LogP contribution < -0.4 is 4.74 Å². The number of piperidine rings is 1. The second-order valence-electron chi connectivity index (χ2n) is 6.93. The highest BCUT2D eigenvalue weighted by Gasteiger charge is 2.33. The summed E-state index contributed by atoms with van der Waals surface area (Å²) in [5.74, 6) is 0.872. The molecule has 2 aromatic carbocycles. The number of rotatable bonds is 6. The Morgan fingerprint density at radius 3 is 2.54 bits per heavy atom. The molecule has 0 saturated carbocycles. The van der Waals surface area contributed by atoms with Crippen LogP contribution in [0, 0.1) is 6.92 Å². The zero-order valence-electron chi connectivity index (χ0n) is 15.5. The quantitative estimate of drug-likeness (QED) is 0.763. The standard InChI is InChI=1S/C21H27NO3S/c1-17-10-14-20(15-11-17)26(23,24)22-16-6-5-8-19(22)13-12-18-7-3-4-9-21(18)25-2/h3-4,7,9-11,14-15,19H,5-6,8,12-13,16H2,1-2H3. The van der Waals surface area contributed by atoms with Gasteiger partial charge in [0.05, 0.1) is 12.0 Å². The normalized spacial score (nSPS) is 18.6. The molecular formula is C21H27NO3S. The number of methoxy groups -OCH3 is 1. The van der Waals surface area contributed by atoms with Gasteiger partial charge in [0, 0.05) is 12.6 Å². The molecule has 0 aromatic heterocycles. The molecule has 1 saturated heterocycles. The first-order valence-electron chi connectivity index (χ1n) is 9.23. The molecule has 2 aromatic rings. The number of hydrogen-bond donors (Lipinski definition) is 0. The van der Waals surface area contributed by atoms with Gasteiger partial charge in [-0.25, -0.2) is 8.42 Å². The van der Waals surface area contributed by atoms with Gasteiger partial charge in [0.1, 0.15) is 5.75 Å². The summed E-state index contributed by atoms with van der Waals surface area (Å²) in [5.41, 5.74) is 2.20. The Morgan fingerprint density at radius 2 is 1.81 bits per heavy atom. The highest BCUT2D eigenvalue weighted by molar-refractivity contribution is 7.89. The van der Waals surface area contributed by atoms with Crippen molar-refractivity contribution in [3.05, 3.63) is 59.7 Å². The molecule has 4 nitrogen and oxygen atoms in total. The number of aryl methyl sites for hydroxylation is 2. The van der Waals surface area contributed by atoms with E-state index in [1.54, 1.807) is 23.5 Å². The molecule has 0 N–H and O–H groups in total. The largest absolute Gasteiger partial charge is 0.496 e. The minimum atomic E-state index is -3.45. The van der Waals surface area contributed by atoms with E-state index < -0.39 is 10.0 Å². The number of benzene rings is 2. The van der Waals surface area contributed by atoms with Crippen molar-refractivity contribution in [3.8, 4) is 5.75 Å². The van der Waals surface area contributed by atoms with Gasteiger partial charge in [-0.15, -0.1) is 0 Å². The van der Waals surface area contributed by atoms with E-state index in [2.05, 4.69) is 6.07 Å². The fraction of sp³-hybridized carbons (Fsp3) is 0.429. The van der Waals surface area contributed by atoms with Crippen molar-refractivity contribution in [1.29, 1.82) is 0 Å². The molecule has 0 spiro atoms. The number of para-hydroxylation sites is 1. The van der Waals surface area contributed by atoms with Crippen molar-refractivity contribution in [2.45, 2.75) is 50.0 Å². The Kier molecular flexibility index (Phi) is 5.99. The molecule has 140 valence electrons. The summed E-state index contributed by atoms with van der Waals surface area (Å²) in [6.07, 6.45) is 4.55. The summed E-state index contributed by atoms with van der Waals surface area (Å²) < 4.78 is 33.4. The van der Waals surface area contributed by atoms with Gasteiger partial charge in [0.2, 0.25) is 10.0 Å². The molecule has 1 aliphatic rings. The summed E-state index contributed by atoms with van der Waals surface area (Å²) >= 11 is 0. The third kappa shape index (κ3) is 4.10. The lowest BCUT2D eigenvalue weighted by atomic mass is 9.97. The predicted molar refractivity (Wildman–Crippen MR) is 104 cm³/mol. The highest BCUT2D eigenvalue weighted by atomic mass is 32.2. The highest BCUT2D eigenvalue weighted by Crippen LogP contribution is 2.29. The van der Waals surface area contributed by atoms with E-state index in [1.807, 2.05) is 37.3 Å². The average Bonchev–Trinajstić information content (AvgIpc) is 2.67. The topological polar surface area (TPSA) is 46.6 Å². The molecule has 1 fully saturated rings. The average molecular weight is 374 g/mol. The summed E-state index contributed by atoms with van der Waals surface area (Å²) in [7, 11) is -1.77. The summed E-state index contributed by atoms with van der Waals surface area (Å²) in [6, 6.07) is 15.2. The van der Waals surface area contributed by atoms with Crippen molar-refractivity contribution < 1.29 is 13.2 Å². The second kappa shape index (κ2) is 8.23. The molecule has 3 rings (SSSR count). The molecule has 0 bridgehead atoms. The maximum absolute atomic E-state index is 13.1. The minimum Gasteiger partial charge on any atom is -0.496 e. The summed E-state index contributed by atoms with van der Waals surface area (Å²) in [5, 5.41) is 0. The Balaban J connectivity index is 1.78. The zero-order valence-corrected chi connectivity index (χ0v) is 16.3. The lowest BCUT2D eigenvalue weighted by Gasteiger charge is -2.35. The molecule has 5 heteroatoms. The number of ether oxygens (including phenoxy) is 1. The van der Waals surface area contributed by atoms with Gasteiger partial charge in [-0.3, -0.25) is 0 Å². The summed E-state index contributed by atoms with van der Waals surface area (Å²) in [4.78, 5) is 0.396. The Bertz CT molecular complexity index is 831. The molecule has 1 atom stereocenters. The number of sulfonamides is 1. The van der Waals surface area contributed by atoms with E-state index in [-0.39, 0.29) is 6.04 Å². The van der Waals surface area contributed by atoms with Crippen LogP contribution in [0.25, 0.3) is 0 Å². The van der Waals surface area contributed by atoms with E-state index in [9.17, 15) is 8.42 Å². The van der Waals surface area contributed by atoms with Crippen molar-refractivity contribution in [1.82, 2.24) is 4.31 Å². The monoisotopic (exact) mass is 373 g/mol. The van der Waals surface area contributed by atoms with Crippen molar-refractivity contribution in [2.75, 3.05) is 13.7 Å². The lowest BCUT2D eigenvalue weighted by molar-refractivity contribution is 0.240. The summed E-state index contributed by atoms with van der Waals surface area (Å²) in [6.45, 7) is 2.57. The second-order valence-corrected chi connectivity index (χ2v) is 8.82. The number of nitrogens with zero attached hydrogens (tertiary/aromatic N) is 1. The van der Waals surface area contributed by atoms with E-state index >= 15 is 0 Å². The van der Waals surface area contributed by atoms with Gasteiger partial charge in [-0.1, -0.05) is 42.3 Å². The SMILES string of the molecule is COc1ccccc1CCC1CCCCN1S(=O)(=O)c1ccc(C)cc1. The third-order valence-electron chi connectivity index (χ3n) is 5.14. The molecule has 26 heavy (non-hydrogen) atoms. The van der Waals surface area contributed by atoms with E-state index in [0.29, 0.717) is 11.4 Å². The maximum atomic E-state index is 13.1. The van der Waals surface area contributed by atoms with Crippen LogP contribution in [0.3, 0.4) is 0 Å². The van der Waals surface area contributed by atoms with Gasteiger partial charge in [0.25, 0.3) is 0 Å². The van der Waals surface area contributed by atoms with Crippen molar-refractivity contribution in [2.24, 2.45) is 0 Å². The molecule has 0 aliphatic carbocycles. The molecule has 1 heterocycles. The molecule has 1 unspecified atom stereocenters. The van der Waals surface area contributed by atoms with Gasteiger partial charge in [-0.2, -0.15) is 4.31 Å². The van der Waals surface area contributed by atoms with Crippen molar-refractivity contribution >= 4 is 10.0 Å². The third-order valence-corrected chi connectivity index (χ3v) is 7.11. The van der Waals surface area contributed by atoms with Crippen LogP contribution in [0.1, 0.15) is 36.8 Å². The molecule has 0 amide bonds. The van der Waals surface area contributed by atoms with Crippen LogP contribution in [0.15, 0.2) is 53.4 Å². The van der Waals surface area contributed by atoms with Crippen LogP contribution >= 0.6 is 0 Å². The molecule has 1 aliphatic heterocycles. The van der Waals surface area contributed by atoms with Gasteiger partial charge >= 0.3 is 0 Å². The predicted octanol–water partition coefficient (Wildman–Crippen LogP) is 4.18. The maximum Gasteiger partial charge on any atom is 0.243 e. The van der Waals surface area contributed by atoms with Gasteiger partial charge in [-0.05, 0) is 56.4 Å². The Morgan fingerprint density at radius 1 is 1.08 bits per heavy atom. The Labute approximate surface area is 156 Å².